The summed E-state index contributed by atoms with van der Waals surface area (Å²) in [5.74, 6) is 0.0987. The summed E-state index contributed by atoms with van der Waals surface area (Å²) < 4.78 is 19.3. The lowest BCUT2D eigenvalue weighted by atomic mass is 9.98. The molecule has 6 nitrogen and oxygen atoms in total. The first-order chi connectivity index (χ1) is 12.7. The molecular formula is C19H23FN4O2. The van der Waals surface area contributed by atoms with Gasteiger partial charge in [0, 0.05) is 31.1 Å². The number of aromatic amines is 1. The molecule has 0 bridgehead atoms. The number of nitrogens with zero attached hydrogens (tertiary/aromatic N) is 2. The number of hydrogen-bond donors (Lipinski definition) is 2. The Labute approximate surface area is 151 Å². The molecule has 1 saturated heterocycles. The third-order valence-corrected chi connectivity index (χ3v) is 5.13. The second-order valence-electron chi connectivity index (χ2n) is 6.96. The standard InChI is InChI=1S/C19H23FN4O2/c20-15-5-1-2-6-17(15)26-12-13-4-3-9-24(11-13)19(25)18-14-7-8-21-10-16(14)22-23-18/h1-2,5-6,13,21H,3-4,7-12H2,(H,22,23). The van der Waals surface area contributed by atoms with Crippen molar-refractivity contribution in [3.63, 3.8) is 0 Å². The molecule has 4 rings (SSSR count). The summed E-state index contributed by atoms with van der Waals surface area (Å²) in [6.45, 7) is 3.36. The molecule has 1 amide bonds. The molecule has 3 heterocycles. The molecule has 2 aliphatic rings. The smallest absolute Gasteiger partial charge is 0.274 e. The maximum Gasteiger partial charge on any atom is 0.274 e. The van der Waals surface area contributed by atoms with E-state index in [0.29, 0.717) is 18.8 Å². The van der Waals surface area contributed by atoms with E-state index in [1.807, 2.05) is 4.90 Å². The van der Waals surface area contributed by atoms with E-state index in [0.717, 1.165) is 50.2 Å². The summed E-state index contributed by atoms with van der Waals surface area (Å²) in [7, 11) is 0. The summed E-state index contributed by atoms with van der Waals surface area (Å²) in [5.41, 5.74) is 2.60. The number of fused-ring (bicyclic) bond motifs is 1. The number of aromatic nitrogens is 2. The predicted molar refractivity (Wildman–Crippen MR) is 94.5 cm³/mol. The van der Waals surface area contributed by atoms with Gasteiger partial charge in [-0.25, -0.2) is 4.39 Å². The zero-order chi connectivity index (χ0) is 17.9. The van der Waals surface area contributed by atoms with E-state index in [1.165, 1.54) is 6.07 Å². The van der Waals surface area contributed by atoms with Crippen molar-refractivity contribution in [1.29, 1.82) is 0 Å². The van der Waals surface area contributed by atoms with Crippen molar-refractivity contribution in [2.45, 2.75) is 25.8 Å². The molecule has 26 heavy (non-hydrogen) atoms. The second-order valence-corrected chi connectivity index (χ2v) is 6.96. The number of rotatable bonds is 4. The highest BCUT2D eigenvalue weighted by Gasteiger charge is 2.29. The molecule has 2 N–H and O–H groups in total. The summed E-state index contributed by atoms with van der Waals surface area (Å²) in [6, 6.07) is 6.42. The molecule has 138 valence electrons. The van der Waals surface area contributed by atoms with Crippen LogP contribution < -0.4 is 10.1 Å². The highest BCUT2D eigenvalue weighted by molar-refractivity contribution is 5.94. The minimum atomic E-state index is -0.354. The summed E-state index contributed by atoms with van der Waals surface area (Å²) >= 11 is 0. The Kier molecular flexibility index (Phi) is 4.88. The van der Waals surface area contributed by atoms with Crippen LogP contribution in [0.2, 0.25) is 0 Å². The maximum absolute atomic E-state index is 13.7. The lowest BCUT2D eigenvalue weighted by Crippen LogP contribution is -2.42. The number of hydrogen-bond acceptors (Lipinski definition) is 4. The minimum Gasteiger partial charge on any atom is -0.490 e. The third kappa shape index (κ3) is 3.44. The van der Waals surface area contributed by atoms with Crippen molar-refractivity contribution in [2.75, 3.05) is 26.2 Å². The molecule has 7 heteroatoms. The third-order valence-electron chi connectivity index (χ3n) is 5.13. The number of para-hydroxylation sites is 1. The van der Waals surface area contributed by atoms with Gasteiger partial charge in [0.2, 0.25) is 0 Å². The fraction of sp³-hybridized carbons (Fsp3) is 0.474. The van der Waals surface area contributed by atoms with Gasteiger partial charge in [0.25, 0.3) is 5.91 Å². The van der Waals surface area contributed by atoms with Crippen LogP contribution in [0.5, 0.6) is 5.75 Å². The van der Waals surface area contributed by atoms with Crippen molar-refractivity contribution in [1.82, 2.24) is 20.4 Å². The summed E-state index contributed by atoms with van der Waals surface area (Å²) in [6.07, 6.45) is 2.71. The van der Waals surface area contributed by atoms with Gasteiger partial charge in [-0.2, -0.15) is 5.10 Å². The van der Waals surface area contributed by atoms with Gasteiger partial charge in [0.15, 0.2) is 17.3 Å². The Morgan fingerprint density at radius 2 is 2.27 bits per heavy atom. The number of benzene rings is 1. The number of nitrogens with one attached hydrogen (secondary N) is 2. The number of carbonyl (C=O) groups excluding carboxylic acids is 1. The van der Waals surface area contributed by atoms with Gasteiger partial charge in [-0.3, -0.25) is 9.89 Å². The Morgan fingerprint density at radius 3 is 3.15 bits per heavy atom. The molecule has 0 saturated carbocycles. The molecule has 0 aliphatic carbocycles. The topological polar surface area (TPSA) is 70.2 Å². The molecule has 1 aromatic carbocycles. The van der Waals surface area contributed by atoms with E-state index in [9.17, 15) is 9.18 Å². The fourth-order valence-corrected chi connectivity index (χ4v) is 3.73. The molecule has 0 radical (unpaired) electrons. The fourth-order valence-electron chi connectivity index (χ4n) is 3.73. The SMILES string of the molecule is O=C(c1n[nH]c2c1CCNC2)N1CCCC(COc2ccccc2F)C1. The Morgan fingerprint density at radius 1 is 1.38 bits per heavy atom. The van der Waals surface area contributed by atoms with E-state index >= 15 is 0 Å². The Balaban J connectivity index is 1.39. The number of piperidine rings is 1. The number of likely N-dealkylation sites (tertiary alicyclic amines) is 1. The lowest BCUT2D eigenvalue weighted by Gasteiger charge is -2.32. The molecule has 1 atom stereocenters. The van der Waals surface area contributed by atoms with Gasteiger partial charge >= 0.3 is 0 Å². The Hall–Kier alpha value is -2.41. The van der Waals surface area contributed by atoms with Crippen LogP contribution in [0.15, 0.2) is 24.3 Å². The van der Waals surface area contributed by atoms with Crippen LogP contribution in [-0.4, -0.2) is 47.2 Å². The molecule has 2 aromatic rings. The quantitative estimate of drug-likeness (QED) is 0.878. The van der Waals surface area contributed by atoms with Crippen LogP contribution in [0.25, 0.3) is 0 Å². The maximum atomic E-state index is 13.7. The van der Waals surface area contributed by atoms with E-state index in [1.54, 1.807) is 18.2 Å². The number of amides is 1. The van der Waals surface area contributed by atoms with Crippen molar-refractivity contribution in [3.8, 4) is 5.75 Å². The molecule has 1 fully saturated rings. The van der Waals surface area contributed by atoms with E-state index in [-0.39, 0.29) is 23.4 Å². The average Bonchev–Trinajstić information content (AvgIpc) is 3.11. The van der Waals surface area contributed by atoms with Gasteiger partial charge in [0.05, 0.1) is 12.3 Å². The first kappa shape index (κ1) is 17.0. The zero-order valence-electron chi connectivity index (χ0n) is 14.6. The van der Waals surface area contributed by atoms with Gasteiger partial charge in [-0.1, -0.05) is 12.1 Å². The molecular weight excluding hydrogens is 335 g/mol. The number of ether oxygens (including phenoxy) is 1. The first-order valence-corrected chi connectivity index (χ1v) is 9.16. The summed E-state index contributed by atoms with van der Waals surface area (Å²) in [4.78, 5) is 14.8. The van der Waals surface area contributed by atoms with E-state index in [2.05, 4.69) is 15.5 Å². The van der Waals surface area contributed by atoms with Crippen LogP contribution in [0.3, 0.4) is 0 Å². The van der Waals surface area contributed by atoms with Crippen molar-refractivity contribution < 1.29 is 13.9 Å². The zero-order valence-corrected chi connectivity index (χ0v) is 14.6. The molecule has 2 aliphatic heterocycles. The van der Waals surface area contributed by atoms with E-state index < -0.39 is 0 Å². The molecule has 1 aromatic heterocycles. The molecule has 0 spiro atoms. The lowest BCUT2D eigenvalue weighted by molar-refractivity contribution is 0.0624. The monoisotopic (exact) mass is 358 g/mol. The van der Waals surface area contributed by atoms with Crippen LogP contribution in [-0.2, 0) is 13.0 Å². The molecule has 1 unspecified atom stereocenters. The van der Waals surface area contributed by atoms with Crippen molar-refractivity contribution >= 4 is 5.91 Å². The Bertz CT molecular complexity index is 792. The first-order valence-electron chi connectivity index (χ1n) is 9.16. The van der Waals surface area contributed by atoms with Crippen molar-refractivity contribution in [2.24, 2.45) is 5.92 Å². The number of halogens is 1. The van der Waals surface area contributed by atoms with Crippen LogP contribution in [0.4, 0.5) is 4.39 Å². The summed E-state index contributed by atoms with van der Waals surface area (Å²) in [5, 5.41) is 10.5. The van der Waals surface area contributed by atoms with Gasteiger partial charge in [-0.05, 0) is 37.9 Å². The number of H-pyrrole nitrogens is 1. The van der Waals surface area contributed by atoms with Gasteiger partial charge < -0.3 is 15.0 Å². The highest BCUT2D eigenvalue weighted by atomic mass is 19.1. The van der Waals surface area contributed by atoms with Crippen LogP contribution in [0, 0.1) is 11.7 Å². The van der Waals surface area contributed by atoms with Crippen LogP contribution in [0.1, 0.15) is 34.6 Å². The van der Waals surface area contributed by atoms with Crippen molar-refractivity contribution in [3.05, 3.63) is 47.0 Å². The normalized spacial score (nSPS) is 19.9. The average molecular weight is 358 g/mol. The van der Waals surface area contributed by atoms with Crippen LogP contribution >= 0.6 is 0 Å². The minimum absolute atomic E-state index is 0.0139. The predicted octanol–water partition coefficient (Wildman–Crippen LogP) is 2.13. The van der Waals surface area contributed by atoms with Gasteiger partial charge in [0.1, 0.15) is 0 Å². The van der Waals surface area contributed by atoms with Gasteiger partial charge in [-0.15, -0.1) is 0 Å². The largest absolute Gasteiger partial charge is 0.490 e. The highest BCUT2D eigenvalue weighted by Crippen LogP contribution is 2.23. The van der Waals surface area contributed by atoms with E-state index in [4.69, 9.17) is 4.74 Å². The second kappa shape index (κ2) is 7.45. The number of carbonyl (C=O) groups is 1.